The lowest BCUT2D eigenvalue weighted by Gasteiger charge is -2.21. The fraction of sp³-hybridized carbons (Fsp3) is 0.250. The molecule has 2 aliphatic rings. The number of rotatable bonds is 5. The monoisotopic (exact) mass is 411 g/mol. The summed E-state index contributed by atoms with van der Waals surface area (Å²) in [6.07, 6.45) is 0. The molecular formula is C20H17N3O7. The molecule has 0 saturated heterocycles. The van der Waals surface area contributed by atoms with Crippen molar-refractivity contribution in [2.75, 3.05) is 19.8 Å². The molecule has 3 amide bonds. The van der Waals surface area contributed by atoms with E-state index in [2.05, 4.69) is 5.32 Å². The number of benzene rings is 2. The van der Waals surface area contributed by atoms with Gasteiger partial charge in [0.15, 0.2) is 11.5 Å². The highest BCUT2D eigenvalue weighted by Crippen LogP contribution is 2.33. The number of carbonyl (C=O) groups excluding carboxylic acids is 3. The summed E-state index contributed by atoms with van der Waals surface area (Å²) < 4.78 is 11.0. The van der Waals surface area contributed by atoms with Gasteiger partial charge in [-0.1, -0.05) is 12.1 Å². The Morgan fingerprint density at radius 1 is 1.17 bits per heavy atom. The van der Waals surface area contributed by atoms with Gasteiger partial charge in [-0.05, 0) is 30.7 Å². The van der Waals surface area contributed by atoms with Crippen LogP contribution in [-0.4, -0.2) is 47.3 Å². The Bertz CT molecular complexity index is 1080. The number of fused-ring (bicyclic) bond motifs is 2. The highest BCUT2D eigenvalue weighted by molar-refractivity contribution is 6.24. The molecule has 0 bridgehead atoms. The third-order valence-corrected chi connectivity index (χ3v) is 4.92. The van der Waals surface area contributed by atoms with Gasteiger partial charge in [-0.15, -0.1) is 0 Å². The van der Waals surface area contributed by atoms with Crippen molar-refractivity contribution in [2.45, 2.75) is 13.0 Å². The number of nitrogens with one attached hydrogen (secondary N) is 1. The molecule has 0 aliphatic carbocycles. The fourth-order valence-electron chi connectivity index (χ4n) is 3.45. The van der Waals surface area contributed by atoms with Gasteiger partial charge in [0, 0.05) is 6.07 Å². The van der Waals surface area contributed by atoms with Crippen LogP contribution < -0.4 is 14.8 Å². The highest BCUT2D eigenvalue weighted by atomic mass is 16.6. The van der Waals surface area contributed by atoms with Crippen LogP contribution in [0.3, 0.4) is 0 Å². The van der Waals surface area contributed by atoms with Gasteiger partial charge >= 0.3 is 0 Å². The smallest absolute Gasteiger partial charge is 0.282 e. The minimum Gasteiger partial charge on any atom is -0.486 e. The molecule has 2 heterocycles. The second-order valence-electron chi connectivity index (χ2n) is 6.85. The molecule has 2 aromatic carbocycles. The summed E-state index contributed by atoms with van der Waals surface area (Å²) in [7, 11) is 0. The van der Waals surface area contributed by atoms with Gasteiger partial charge in [0.25, 0.3) is 17.5 Å². The van der Waals surface area contributed by atoms with Crippen molar-refractivity contribution in [3.8, 4) is 11.5 Å². The van der Waals surface area contributed by atoms with E-state index in [1.807, 2.05) is 0 Å². The molecule has 1 atom stereocenters. The van der Waals surface area contributed by atoms with Crippen molar-refractivity contribution < 1.29 is 28.8 Å². The zero-order chi connectivity index (χ0) is 21.4. The van der Waals surface area contributed by atoms with Crippen LogP contribution in [0.1, 0.15) is 39.2 Å². The molecule has 1 N–H and O–H groups in total. The molecule has 0 radical (unpaired) electrons. The van der Waals surface area contributed by atoms with Crippen LogP contribution in [0.5, 0.6) is 11.5 Å². The molecule has 4 rings (SSSR count). The van der Waals surface area contributed by atoms with E-state index in [-0.39, 0.29) is 11.1 Å². The molecule has 0 aromatic heterocycles. The minimum atomic E-state index is -0.857. The number of ether oxygens (including phenoxy) is 2. The van der Waals surface area contributed by atoms with Crippen LogP contribution in [0.2, 0.25) is 0 Å². The minimum absolute atomic E-state index is 0.0816. The van der Waals surface area contributed by atoms with Crippen molar-refractivity contribution in [1.82, 2.24) is 10.2 Å². The number of imide groups is 1. The summed E-state index contributed by atoms with van der Waals surface area (Å²) >= 11 is 0. The standard InChI is InChI=1S/C20H17N3O7/c1-11(12-5-6-15-16(9-12)30-8-7-29-15)21-17(24)10-22-19(25)13-3-2-4-14(23(27)28)18(13)20(22)26/h2-6,9,11H,7-8,10H2,1H3,(H,21,24). The van der Waals surface area contributed by atoms with E-state index in [1.54, 1.807) is 25.1 Å². The first-order valence-electron chi connectivity index (χ1n) is 9.19. The SMILES string of the molecule is CC(NC(=O)CN1C(=O)c2cccc([N+](=O)[O-])c2C1=O)c1ccc2c(c1)OCCO2. The van der Waals surface area contributed by atoms with Gasteiger partial charge in [-0.2, -0.15) is 0 Å². The maximum atomic E-state index is 12.6. The molecule has 0 spiro atoms. The van der Waals surface area contributed by atoms with Gasteiger partial charge in [0.05, 0.1) is 16.5 Å². The summed E-state index contributed by atoms with van der Waals surface area (Å²) in [4.78, 5) is 48.7. The third-order valence-electron chi connectivity index (χ3n) is 4.92. The molecule has 0 fully saturated rings. The number of nitro benzene ring substituents is 1. The van der Waals surface area contributed by atoms with E-state index in [1.165, 1.54) is 12.1 Å². The Morgan fingerprint density at radius 3 is 2.63 bits per heavy atom. The first-order chi connectivity index (χ1) is 14.4. The van der Waals surface area contributed by atoms with Gasteiger partial charge in [-0.3, -0.25) is 29.4 Å². The lowest BCUT2D eigenvalue weighted by Crippen LogP contribution is -2.41. The number of hydrogen-bond donors (Lipinski definition) is 1. The summed E-state index contributed by atoms with van der Waals surface area (Å²) in [5, 5.41) is 13.9. The van der Waals surface area contributed by atoms with E-state index in [9.17, 15) is 24.5 Å². The second-order valence-corrected chi connectivity index (χ2v) is 6.85. The summed E-state index contributed by atoms with van der Waals surface area (Å²) in [5.74, 6) is -0.969. The third kappa shape index (κ3) is 3.32. The van der Waals surface area contributed by atoms with E-state index >= 15 is 0 Å². The van der Waals surface area contributed by atoms with Crippen molar-refractivity contribution in [3.05, 3.63) is 63.2 Å². The topological polar surface area (TPSA) is 128 Å². The van der Waals surface area contributed by atoms with Crippen molar-refractivity contribution >= 4 is 23.4 Å². The summed E-state index contributed by atoms with van der Waals surface area (Å²) in [5.41, 5.74) is -0.0777. The zero-order valence-electron chi connectivity index (χ0n) is 15.9. The Morgan fingerprint density at radius 2 is 1.90 bits per heavy atom. The highest BCUT2D eigenvalue weighted by Gasteiger charge is 2.41. The van der Waals surface area contributed by atoms with Crippen molar-refractivity contribution in [1.29, 1.82) is 0 Å². The average molecular weight is 411 g/mol. The van der Waals surface area contributed by atoms with Crippen molar-refractivity contribution in [2.24, 2.45) is 0 Å². The summed E-state index contributed by atoms with van der Waals surface area (Å²) in [6, 6.07) is 8.66. The Labute approximate surface area is 170 Å². The Kier molecular flexibility index (Phi) is 4.82. The summed E-state index contributed by atoms with van der Waals surface area (Å²) in [6.45, 7) is 2.11. The maximum absolute atomic E-state index is 12.6. The van der Waals surface area contributed by atoms with E-state index < -0.39 is 40.9 Å². The normalized spacial score (nSPS) is 15.6. The van der Waals surface area contributed by atoms with Gasteiger partial charge in [0.2, 0.25) is 5.91 Å². The van der Waals surface area contributed by atoms with Crippen LogP contribution in [-0.2, 0) is 4.79 Å². The van der Waals surface area contributed by atoms with Crippen LogP contribution in [0, 0.1) is 10.1 Å². The number of amides is 3. The Hall–Kier alpha value is -3.95. The molecule has 2 aliphatic heterocycles. The van der Waals surface area contributed by atoms with E-state index in [0.717, 1.165) is 11.6 Å². The quantitative estimate of drug-likeness (QED) is 0.452. The number of nitro groups is 1. The first-order valence-corrected chi connectivity index (χ1v) is 9.19. The first kappa shape index (κ1) is 19.4. The van der Waals surface area contributed by atoms with Gasteiger partial charge in [-0.25, -0.2) is 0 Å². The van der Waals surface area contributed by atoms with Crippen LogP contribution in [0.25, 0.3) is 0 Å². The molecule has 0 saturated carbocycles. The largest absolute Gasteiger partial charge is 0.486 e. The zero-order valence-corrected chi connectivity index (χ0v) is 15.9. The molecule has 10 nitrogen and oxygen atoms in total. The molecule has 2 aromatic rings. The average Bonchev–Trinajstić information content (AvgIpc) is 2.98. The van der Waals surface area contributed by atoms with Gasteiger partial charge in [0.1, 0.15) is 25.3 Å². The van der Waals surface area contributed by atoms with Gasteiger partial charge < -0.3 is 14.8 Å². The van der Waals surface area contributed by atoms with E-state index in [0.29, 0.717) is 29.6 Å². The molecule has 154 valence electrons. The number of nitrogens with zero attached hydrogens (tertiary/aromatic N) is 2. The predicted octanol–water partition coefficient (Wildman–Crippen LogP) is 1.84. The lowest BCUT2D eigenvalue weighted by atomic mass is 10.1. The fourth-order valence-corrected chi connectivity index (χ4v) is 3.45. The van der Waals surface area contributed by atoms with Crippen LogP contribution in [0.15, 0.2) is 36.4 Å². The molecular weight excluding hydrogens is 394 g/mol. The van der Waals surface area contributed by atoms with Crippen LogP contribution in [0.4, 0.5) is 5.69 Å². The number of hydrogen-bond acceptors (Lipinski definition) is 7. The van der Waals surface area contributed by atoms with Crippen molar-refractivity contribution in [3.63, 3.8) is 0 Å². The van der Waals surface area contributed by atoms with E-state index in [4.69, 9.17) is 9.47 Å². The molecule has 10 heteroatoms. The Balaban J connectivity index is 1.47. The van der Waals surface area contributed by atoms with Crippen LogP contribution >= 0.6 is 0 Å². The lowest BCUT2D eigenvalue weighted by molar-refractivity contribution is -0.385. The number of carbonyl (C=O) groups is 3. The predicted molar refractivity (Wildman–Crippen MR) is 102 cm³/mol. The maximum Gasteiger partial charge on any atom is 0.282 e. The molecule has 1 unspecified atom stereocenters. The second kappa shape index (κ2) is 7.47. The molecule has 30 heavy (non-hydrogen) atoms.